The molecule has 2 radical (unpaired) electrons. The van der Waals surface area contributed by atoms with Gasteiger partial charge in [0.2, 0.25) is 0 Å². The summed E-state index contributed by atoms with van der Waals surface area (Å²) < 4.78 is 18.7. The zero-order valence-corrected chi connectivity index (χ0v) is 40.7. The van der Waals surface area contributed by atoms with Gasteiger partial charge in [-0.05, 0) is 45.2 Å². The number of hydrogen-bond acceptors (Lipinski definition) is 8. The monoisotopic (exact) mass is 1120 g/mol. The molecule has 0 aromatic heterocycles. The maximum atomic E-state index is 12.9. The molecular formula is C23H43Ac2O8P7. The Bertz CT molecular complexity index is 952. The largest absolute Gasteiger partial charge is 0.462 e. The fraction of sp³-hybridized carbons (Fsp3) is 0.826. The van der Waals surface area contributed by atoms with Crippen LogP contribution in [-0.4, -0.2) is 69.8 Å². The third-order valence-corrected chi connectivity index (χ3v) is 31.0. The maximum absolute atomic E-state index is 12.9. The number of ketones is 1. The van der Waals surface area contributed by atoms with Crippen molar-refractivity contribution in [2.75, 3.05) is 6.61 Å². The van der Waals surface area contributed by atoms with Crippen molar-refractivity contribution in [1.82, 2.24) is 0 Å². The van der Waals surface area contributed by atoms with Gasteiger partial charge in [-0.25, -0.2) is 0 Å². The van der Waals surface area contributed by atoms with Crippen LogP contribution >= 0.6 is 57.2 Å². The summed E-state index contributed by atoms with van der Waals surface area (Å²) in [5.74, 6) is -2.28. The molecule has 1 saturated heterocycles. The van der Waals surface area contributed by atoms with Crippen molar-refractivity contribution in [2.45, 2.75) is 90.5 Å². The topological polar surface area (TPSA) is 123 Å². The number of carbonyl (C=O) groups excluding carboxylic acids is 2. The van der Waals surface area contributed by atoms with Gasteiger partial charge in [-0.1, -0.05) is 26.8 Å². The van der Waals surface area contributed by atoms with Gasteiger partial charge in [0.15, 0.2) is 5.78 Å². The van der Waals surface area contributed by atoms with E-state index in [-0.39, 0.29) is 94.7 Å². The minimum absolute atomic E-state index is 0. The molecule has 224 valence electrons. The van der Waals surface area contributed by atoms with Crippen molar-refractivity contribution in [2.24, 2.45) is 22.7 Å². The minimum atomic E-state index is -1.48. The summed E-state index contributed by atoms with van der Waals surface area (Å²) in [6.07, 6.45) is -1.79. The van der Waals surface area contributed by atoms with Gasteiger partial charge >= 0.3 is 5.97 Å². The van der Waals surface area contributed by atoms with Gasteiger partial charge < -0.3 is 29.3 Å². The van der Waals surface area contributed by atoms with Crippen LogP contribution in [0.5, 0.6) is 0 Å². The average Bonchev–Trinajstić information content (AvgIpc) is 2.77. The Morgan fingerprint density at radius 3 is 2.08 bits per heavy atom. The average molecular weight is 1120 g/mol. The predicted octanol–water partition coefficient (Wildman–Crippen LogP) is 5.11. The van der Waals surface area contributed by atoms with Crippen molar-refractivity contribution in [3.05, 3.63) is 11.6 Å². The number of fused-ring (bicyclic) bond motifs is 1. The predicted molar refractivity (Wildman–Crippen MR) is 169 cm³/mol. The molecular weight excluding hydrogens is 1080 g/mol. The summed E-state index contributed by atoms with van der Waals surface area (Å²) >= 11 is 0. The van der Waals surface area contributed by atoms with Crippen molar-refractivity contribution in [1.29, 1.82) is 0 Å². The first-order valence-corrected chi connectivity index (χ1v) is 24.3. The zero-order chi connectivity index (χ0) is 29.0. The van der Waals surface area contributed by atoms with E-state index in [9.17, 15) is 24.9 Å². The van der Waals surface area contributed by atoms with Crippen molar-refractivity contribution < 1.29 is 127 Å². The van der Waals surface area contributed by atoms with E-state index in [4.69, 9.17) is 14.0 Å². The number of carbonyl (C=O) groups is 2. The van der Waals surface area contributed by atoms with E-state index in [0.29, 0.717) is 12.8 Å². The standard InChI is InChI=1S/C23H43O8P7.2Ac/c1-11-9-21(4,5)14(7-15(11)26)18(30-13(3)25)19-22(6,20(27)12(2)24)16(8-17-23(19,28)10-29-17)31-36(37(32)33)38(34)35;;/h9,14-20,26-28H,7-8,10,32-35H2,1-6H3;;/t14?,15-,16-,17+,18+,19?,20+,22+,23-;;/m0../s1. The second-order valence-electron chi connectivity index (χ2n) is 11.6. The van der Waals surface area contributed by atoms with Crippen LogP contribution in [0.2, 0.25) is 0 Å². The summed E-state index contributed by atoms with van der Waals surface area (Å²) in [4.78, 5) is 25.5. The first kappa shape index (κ1) is 42.6. The summed E-state index contributed by atoms with van der Waals surface area (Å²) in [5.41, 5.74) is -2.43. The van der Waals surface area contributed by atoms with Gasteiger partial charge in [0.25, 0.3) is 0 Å². The quantitative estimate of drug-likeness (QED) is 0.166. The van der Waals surface area contributed by atoms with Crippen LogP contribution in [0.15, 0.2) is 11.6 Å². The van der Waals surface area contributed by atoms with E-state index >= 15 is 0 Å². The van der Waals surface area contributed by atoms with E-state index < -0.39 is 92.0 Å². The van der Waals surface area contributed by atoms with Gasteiger partial charge in [0, 0.05) is 119 Å². The number of hydrogen-bond donors (Lipinski definition) is 3. The molecule has 6 unspecified atom stereocenters. The van der Waals surface area contributed by atoms with Crippen LogP contribution < -0.4 is 0 Å². The molecule has 13 atom stereocenters. The third kappa shape index (κ3) is 8.77. The van der Waals surface area contributed by atoms with Crippen molar-refractivity contribution in [3.8, 4) is 0 Å². The number of aliphatic hydroxyl groups is 3. The van der Waals surface area contributed by atoms with Crippen LogP contribution in [0.25, 0.3) is 0 Å². The van der Waals surface area contributed by atoms with Crippen LogP contribution in [0.3, 0.4) is 0 Å². The van der Waals surface area contributed by atoms with E-state index in [1.165, 1.54) is 13.8 Å². The molecule has 3 N–H and O–H groups in total. The molecule has 0 bridgehead atoms. The van der Waals surface area contributed by atoms with Crippen LogP contribution in [0.4, 0.5) is 0 Å². The maximum Gasteiger partial charge on any atom is 0.302 e. The summed E-state index contributed by atoms with van der Waals surface area (Å²) in [7, 11) is 10.3. The van der Waals surface area contributed by atoms with Gasteiger partial charge in [-0.3, -0.25) is 9.59 Å². The van der Waals surface area contributed by atoms with E-state index in [1.54, 1.807) is 6.92 Å². The molecule has 1 heterocycles. The number of rotatable bonds is 9. The number of aliphatic hydroxyl groups excluding tert-OH is 2. The molecule has 2 fully saturated rings. The van der Waals surface area contributed by atoms with Gasteiger partial charge in [-0.15, -0.1) is 35.7 Å². The fourth-order valence-electron chi connectivity index (χ4n) is 6.69. The number of Topliss-reactive ketones (excluding diaryl/α,β-unsaturated/α-hetero) is 1. The Kier molecular flexibility index (Phi) is 17.9. The molecule has 0 amide bonds. The molecule has 8 nitrogen and oxygen atoms in total. The normalized spacial score (nSPS) is 36.4. The first-order chi connectivity index (χ1) is 17.4. The Balaban J connectivity index is 0.00000400. The fourth-order valence-corrected chi connectivity index (χ4v) is 39.6. The minimum Gasteiger partial charge on any atom is -0.462 e. The Morgan fingerprint density at radius 2 is 1.65 bits per heavy atom. The second-order valence-corrected chi connectivity index (χ2v) is 35.2. The Labute approximate surface area is 322 Å². The molecule has 0 aromatic carbocycles. The third-order valence-electron chi connectivity index (χ3n) is 8.58. The summed E-state index contributed by atoms with van der Waals surface area (Å²) in [5, 5.41) is 34.6. The van der Waals surface area contributed by atoms with Gasteiger partial charge in [0.1, 0.15) is 17.8 Å². The smallest absolute Gasteiger partial charge is 0.302 e. The van der Waals surface area contributed by atoms with Crippen LogP contribution in [0.1, 0.15) is 54.4 Å². The van der Waals surface area contributed by atoms with Crippen LogP contribution in [-0.2, 0) is 23.6 Å². The zero-order valence-electron chi connectivity index (χ0n) is 23.9. The summed E-state index contributed by atoms with van der Waals surface area (Å²) in [6.45, 7) is 9.05. The molecule has 3 aliphatic rings. The Morgan fingerprint density at radius 1 is 1.10 bits per heavy atom. The number of esters is 1. The number of ether oxygens (including phenoxy) is 2. The van der Waals surface area contributed by atoms with E-state index in [1.807, 2.05) is 26.8 Å². The second kappa shape index (κ2) is 16.8. The first-order valence-electron chi connectivity index (χ1n) is 12.5. The molecule has 3 rings (SSSR count). The number of allylic oxidation sites excluding steroid dienone is 1. The summed E-state index contributed by atoms with van der Waals surface area (Å²) in [6, 6.07) is 0. The van der Waals surface area contributed by atoms with Crippen molar-refractivity contribution in [3.63, 3.8) is 0 Å². The molecule has 17 heteroatoms. The molecule has 1 saturated carbocycles. The van der Waals surface area contributed by atoms with Crippen molar-refractivity contribution >= 4 is 69.0 Å². The van der Waals surface area contributed by atoms with Crippen LogP contribution in [0, 0.1) is 111 Å². The molecule has 1 aliphatic heterocycles. The van der Waals surface area contributed by atoms with Gasteiger partial charge in [0.05, 0.1) is 32.4 Å². The van der Waals surface area contributed by atoms with Gasteiger partial charge in [-0.2, -0.15) is 0 Å². The SMILES string of the molecule is CC(=O)O[C@H](C1C[C@H](O)C(C)=CC1(C)C)C1[C@](C)([C@H](O)C(C)=O)[C@@H](OP(P(P)P)P(P)P)C[C@H]2OC[C@@]12O.[Ac].[Ac]. The molecule has 2 aliphatic carbocycles. The van der Waals surface area contributed by atoms with E-state index in [2.05, 4.69) is 35.7 Å². The molecule has 0 spiro atoms. The van der Waals surface area contributed by atoms with E-state index in [0.717, 1.165) is 5.57 Å². The molecule has 40 heavy (non-hydrogen) atoms. The Hall–Kier alpha value is 4.57. The molecule has 0 aromatic rings.